The number of hydrogen-bond donors (Lipinski definition) is 1. The molecule has 1 aliphatic rings. The normalized spacial score (nSPS) is 18.0. The third-order valence-electron chi connectivity index (χ3n) is 3.30. The highest BCUT2D eigenvalue weighted by molar-refractivity contribution is 8.22. The van der Waals surface area contributed by atoms with Gasteiger partial charge in [0.05, 0.1) is 5.02 Å². The molecule has 0 N–H and O–H groups in total. The molecule has 112 valence electrons. The van der Waals surface area contributed by atoms with Gasteiger partial charge in [0.2, 0.25) is 0 Å². The van der Waals surface area contributed by atoms with Crippen molar-refractivity contribution < 1.29 is 9.53 Å². The van der Waals surface area contributed by atoms with Crippen LogP contribution in [0.1, 0.15) is 15.9 Å². The lowest BCUT2D eigenvalue weighted by molar-refractivity contribution is 0.112. The van der Waals surface area contributed by atoms with Crippen LogP contribution < -0.4 is 0 Å². The summed E-state index contributed by atoms with van der Waals surface area (Å²) < 4.78 is 5.82. The molecule has 0 aromatic heterocycles. The molecule has 0 saturated carbocycles. The van der Waals surface area contributed by atoms with Gasteiger partial charge < -0.3 is 4.74 Å². The summed E-state index contributed by atoms with van der Waals surface area (Å²) in [6.45, 7) is 0.554. The molecule has 0 spiro atoms. The molecule has 1 heterocycles. The van der Waals surface area contributed by atoms with Crippen molar-refractivity contribution >= 4 is 28.8 Å². The Hall–Kier alpha value is -1.97. The fourth-order valence-electron chi connectivity index (χ4n) is 2.16. The lowest BCUT2D eigenvalue weighted by atomic mass is 10.2. The minimum Gasteiger partial charge on any atom is -0.488 e. The summed E-state index contributed by atoms with van der Waals surface area (Å²) in [5.74, 6) is 0.866. The Bertz CT molecular complexity index is 738. The second-order valence-electron chi connectivity index (χ2n) is 4.86. The van der Waals surface area contributed by atoms with Crippen molar-refractivity contribution in [1.29, 1.82) is 0 Å². The maximum Gasteiger partial charge on any atom is 0.150 e. The van der Waals surface area contributed by atoms with Crippen LogP contribution in [0.2, 0.25) is 5.02 Å². The van der Waals surface area contributed by atoms with Crippen molar-refractivity contribution in [2.45, 2.75) is 11.5 Å². The van der Waals surface area contributed by atoms with Crippen molar-refractivity contribution in [2.75, 3.05) is 0 Å². The number of aldehydes is 1. The number of hydrogen-bond acceptors (Lipinski definition) is 2. The maximum atomic E-state index is 10.8. The molecule has 4 heteroatoms. The maximum absolute atomic E-state index is 10.8. The molecule has 2 nitrogen and oxygen atoms in total. The number of carbonyl (C=O) groups excluding carboxylic acids is 1. The Labute approximate surface area is 137 Å². The largest absolute Gasteiger partial charge is 0.488 e. The molecule has 0 amide bonds. The average molecular weight is 331 g/mol. The zero-order chi connectivity index (χ0) is 15.4. The highest BCUT2D eigenvalue weighted by Crippen LogP contribution is 2.47. The summed E-state index contributed by atoms with van der Waals surface area (Å²) in [5.41, 5.74) is 1.73. The van der Waals surface area contributed by atoms with Gasteiger partial charge in [-0.25, -0.2) is 0 Å². The van der Waals surface area contributed by atoms with E-state index in [0.29, 0.717) is 17.2 Å². The second kappa shape index (κ2) is 6.86. The number of rotatable bonds is 5. The number of halogens is 1. The molecule has 2 aromatic carbocycles. The first-order chi connectivity index (χ1) is 10.8. The Morgan fingerprint density at radius 2 is 1.95 bits per heavy atom. The molecule has 0 radical (unpaired) electrons. The van der Waals surface area contributed by atoms with Gasteiger partial charge in [0.15, 0.2) is 0 Å². The minimum absolute atomic E-state index is 0.554. The Balaban J connectivity index is 1.69. The van der Waals surface area contributed by atoms with E-state index in [-0.39, 0.29) is 0 Å². The van der Waals surface area contributed by atoms with Crippen LogP contribution in [-0.4, -0.2) is 6.29 Å². The minimum atomic E-state index is -0.614. The van der Waals surface area contributed by atoms with E-state index in [1.807, 2.05) is 42.5 Å². The average Bonchev–Trinajstić information content (AvgIpc) is 3.02. The number of ether oxygens (including phenoxy) is 1. The fourth-order valence-corrected chi connectivity index (χ4v) is 4.33. The predicted molar refractivity (Wildman–Crippen MR) is 92.5 cm³/mol. The molecule has 1 atom stereocenters. The molecule has 0 aliphatic carbocycles. The molecule has 1 aliphatic heterocycles. The van der Waals surface area contributed by atoms with Gasteiger partial charge in [0, 0.05) is 15.9 Å². The molecule has 3 rings (SSSR count). The van der Waals surface area contributed by atoms with Gasteiger partial charge in [-0.2, -0.15) is 10.9 Å². The summed E-state index contributed by atoms with van der Waals surface area (Å²) in [4.78, 5) is 11.8. The van der Waals surface area contributed by atoms with Crippen LogP contribution in [-0.2, 0) is 11.3 Å². The summed E-state index contributed by atoms with van der Waals surface area (Å²) in [6.07, 6.45) is 2.79. The van der Waals surface area contributed by atoms with Crippen LogP contribution in [0.3, 0.4) is 0 Å². The molecule has 1 unspecified atom stereocenters. The van der Waals surface area contributed by atoms with Crippen LogP contribution >= 0.6 is 22.5 Å². The highest BCUT2D eigenvalue weighted by atomic mass is 35.5. The first-order valence-corrected chi connectivity index (χ1v) is 8.72. The number of thiol groups is 1. The monoisotopic (exact) mass is 330 g/mol. The summed E-state index contributed by atoms with van der Waals surface area (Å²) in [5, 5.41) is 4.83. The Morgan fingerprint density at radius 1 is 1.14 bits per heavy atom. The van der Waals surface area contributed by atoms with Crippen molar-refractivity contribution in [3.8, 4) is 0 Å². The van der Waals surface area contributed by atoms with E-state index in [1.165, 1.54) is 0 Å². The van der Waals surface area contributed by atoms with E-state index >= 15 is 0 Å². The quantitative estimate of drug-likeness (QED) is 0.610. The van der Waals surface area contributed by atoms with Gasteiger partial charge >= 0.3 is 0 Å². The molecule has 22 heavy (non-hydrogen) atoms. The van der Waals surface area contributed by atoms with Crippen LogP contribution in [0.25, 0.3) is 0 Å². The van der Waals surface area contributed by atoms with Crippen molar-refractivity contribution in [3.05, 3.63) is 87.3 Å². The zero-order valence-electron chi connectivity index (χ0n) is 11.8. The van der Waals surface area contributed by atoms with Gasteiger partial charge in [0.1, 0.15) is 18.7 Å². The van der Waals surface area contributed by atoms with Crippen LogP contribution in [0.15, 0.2) is 76.1 Å². The second-order valence-corrected chi connectivity index (χ2v) is 7.12. The lowest BCUT2D eigenvalue weighted by Crippen LogP contribution is -1.89. The molecule has 2 aromatic rings. The first kappa shape index (κ1) is 14.9. The summed E-state index contributed by atoms with van der Waals surface area (Å²) in [6, 6.07) is 15.5. The molecular weight excluding hydrogens is 316 g/mol. The van der Waals surface area contributed by atoms with E-state index in [0.717, 1.165) is 22.5 Å². The first-order valence-electron chi connectivity index (χ1n) is 6.86. The topological polar surface area (TPSA) is 26.3 Å². The fraction of sp³-hybridized carbons (Fsp3) is 0.0556. The molecule has 0 bridgehead atoms. The summed E-state index contributed by atoms with van der Waals surface area (Å²) in [7, 11) is -0.614. The lowest BCUT2D eigenvalue weighted by Gasteiger charge is -2.12. The van der Waals surface area contributed by atoms with Crippen LogP contribution in [0, 0.1) is 0 Å². The number of allylic oxidation sites excluding steroid dienone is 1. The van der Waals surface area contributed by atoms with Crippen LogP contribution in [0.4, 0.5) is 0 Å². The Morgan fingerprint density at radius 3 is 2.68 bits per heavy atom. The van der Waals surface area contributed by atoms with Crippen molar-refractivity contribution in [1.82, 2.24) is 0 Å². The van der Waals surface area contributed by atoms with E-state index in [4.69, 9.17) is 16.3 Å². The van der Waals surface area contributed by atoms with E-state index in [9.17, 15) is 4.79 Å². The summed E-state index contributed by atoms with van der Waals surface area (Å²) >= 11 is 6.26. The van der Waals surface area contributed by atoms with Gasteiger partial charge in [-0.1, -0.05) is 48.0 Å². The van der Waals surface area contributed by atoms with E-state index in [1.54, 1.807) is 12.1 Å². The SMILES string of the molecule is O=Cc1ccc([SH]2C=CC(OCc3ccccc3)=C2)c(Cl)c1. The third kappa shape index (κ3) is 3.43. The van der Waals surface area contributed by atoms with Gasteiger partial charge in [-0.3, -0.25) is 4.79 Å². The highest BCUT2D eigenvalue weighted by Gasteiger charge is 2.13. The van der Waals surface area contributed by atoms with E-state index < -0.39 is 10.9 Å². The molecule has 0 saturated heterocycles. The van der Waals surface area contributed by atoms with Gasteiger partial charge in [-0.15, -0.1) is 0 Å². The van der Waals surface area contributed by atoms with Crippen molar-refractivity contribution in [3.63, 3.8) is 0 Å². The third-order valence-corrected chi connectivity index (χ3v) is 5.69. The number of benzene rings is 2. The van der Waals surface area contributed by atoms with Gasteiger partial charge in [-0.05, 0) is 29.2 Å². The Kier molecular flexibility index (Phi) is 4.66. The standard InChI is InChI=1S/C18H15ClO2S/c19-17-10-15(11-20)6-7-18(17)22-9-8-16(13-22)21-12-14-4-2-1-3-5-14/h1-11,13,22H,12H2. The zero-order valence-corrected chi connectivity index (χ0v) is 13.4. The smallest absolute Gasteiger partial charge is 0.150 e. The van der Waals surface area contributed by atoms with Crippen LogP contribution in [0.5, 0.6) is 0 Å². The van der Waals surface area contributed by atoms with Gasteiger partial charge in [0.25, 0.3) is 0 Å². The molecular formula is C18H15ClO2S. The number of carbonyl (C=O) groups is 1. The van der Waals surface area contributed by atoms with E-state index in [2.05, 4.69) is 10.8 Å². The van der Waals surface area contributed by atoms with Crippen molar-refractivity contribution in [2.24, 2.45) is 0 Å². The predicted octanol–water partition coefficient (Wildman–Crippen LogP) is 5.10. The molecule has 0 fully saturated rings.